The predicted octanol–water partition coefficient (Wildman–Crippen LogP) is 3.26. The molecule has 0 aliphatic rings. The fraction of sp³-hybridized carbons (Fsp3) is 0.200. The molecule has 0 saturated carbocycles. The van der Waals surface area contributed by atoms with Gasteiger partial charge < -0.3 is 4.42 Å². The molecule has 1 rings (SSSR count). The normalized spacial score (nSPS) is 11.7. The van der Waals surface area contributed by atoms with E-state index in [-0.39, 0.29) is 0 Å². The first-order chi connectivity index (χ1) is 5.43. The van der Waals surface area contributed by atoms with E-state index in [9.17, 15) is 0 Å². The minimum atomic E-state index is 0.912. The fourth-order valence-electron chi connectivity index (χ4n) is 0.785. The van der Waals surface area contributed by atoms with Gasteiger partial charge in [-0.2, -0.15) is 0 Å². The minimum absolute atomic E-state index is 0.912. The van der Waals surface area contributed by atoms with Crippen LogP contribution in [-0.2, 0) is 0 Å². The van der Waals surface area contributed by atoms with Crippen LogP contribution in [0.4, 0.5) is 0 Å². The van der Waals surface area contributed by atoms with Gasteiger partial charge >= 0.3 is 0 Å². The van der Waals surface area contributed by atoms with Crippen molar-refractivity contribution in [3.05, 3.63) is 42.4 Å². The average Bonchev–Trinajstić information content (AvgIpc) is 2.50. The number of rotatable bonds is 3. The van der Waals surface area contributed by atoms with E-state index in [4.69, 9.17) is 4.42 Å². The van der Waals surface area contributed by atoms with E-state index >= 15 is 0 Å². The summed E-state index contributed by atoms with van der Waals surface area (Å²) in [6.07, 6.45) is 10.8. The van der Waals surface area contributed by atoms with Crippen LogP contribution in [0, 0.1) is 0 Å². The van der Waals surface area contributed by atoms with Crippen LogP contribution in [0.5, 0.6) is 0 Å². The highest BCUT2D eigenvalue weighted by molar-refractivity contribution is 5.42. The second kappa shape index (κ2) is 4.56. The quantitative estimate of drug-likeness (QED) is 0.599. The molecule has 11 heavy (non-hydrogen) atoms. The Morgan fingerprint density at radius 1 is 1.45 bits per heavy atom. The topological polar surface area (TPSA) is 13.1 Å². The van der Waals surface area contributed by atoms with Crippen LogP contribution in [0.3, 0.4) is 0 Å². The molecule has 58 valence electrons. The second-order valence-corrected chi connectivity index (χ2v) is 2.22. The lowest BCUT2D eigenvalue weighted by Gasteiger charge is -1.81. The Bertz CT molecular complexity index is 229. The summed E-state index contributed by atoms with van der Waals surface area (Å²) in [5, 5.41) is 0. The Hall–Kier alpha value is -1.24. The molecular weight excluding hydrogens is 136 g/mol. The second-order valence-electron chi connectivity index (χ2n) is 2.22. The molecule has 0 fully saturated rings. The van der Waals surface area contributed by atoms with Gasteiger partial charge in [-0.25, -0.2) is 0 Å². The molecule has 0 unspecified atom stereocenters. The summed E-state index contributed by atoms with van der Waals surface area (Å²) in [6, 6.07) is 3.82. The standard InChI is InChI=1S/C10H12O/c1-2-3-4-5-7-10-8-6-9-11-10/h2-3,5-9H,4H2,1H3/b3-2+,7-5+. The van der Waals surface area contributed by atoms with Gasteiger partial charge in [-0.15, -0.1) is 0 Å². The van der Waals surface area contributed by atoms with Crippen molar-refractivity contribution in [2.24, 2.45) is 0 Å². The molecule has 0 spiro atoms. The molecule has 1 heterocycles. The summed E-state index contributed by atoms with van der Waals surface area (Å²) in [6.45, 7) is 2.01. The maximum Gasteiger partial charge on any atom is 0.126 e. The van der Waals surface area contributed by atoms with Crippen molar-refractivity contribution in [2.75, 3.05) is 0 Å². The maximum atomic E-state index is 5.10. The van der Waals surface area contributed by atoms with Gasteiger partial charge in [0, 0.05) is 0 Å². The van der Waals surface area contributed by atoms with Crippen LogP contribution in [0.2, 0.25) is 0 Å². The molecule has 0 aliphatic carbocycles. The number of allylic oxidation sites excluding steroid dienone is 3. The highest BCUT2D eigenvalue weighted by atomic mass is 16.3. The first-order valence-electron chi connectivity index (χ1n) is 3.74. The van der Waals surface area contributed by atoms with E-state index in [1.807, 2.05) is 31.2 Å². The number of furan rings is 1. The predicted molar refractivity (Wildman–Crippen MR) is 47.2 cm³/mol. The summed E-state index contributed by atoms with van der Waals surface area (Å²) in [5.41, 5.74) is 0. The van der Waals surface area contributed by atoms with Crippen LogP contribution >= 0.6 is 0 Å². The van der Waals surface area contributed by atoms with Crippen LogP contribution in [-0.4, -0.2) is 0 Å². The van der Waals surface area contributed by atoms with E-state index in [2.05, 4.69) is 12.2 Å². The Labute approximate surface area is 67.0 Å². The van der Waals surface area contributed by atoms with E-state index in [0.717, 1.165) is 12.2 Å². The Morgan fingerprint density at radius 2 is 2.36 bits per heavy atom. The molecule has 1 nitrogen and oxygen atoms in total. The van der Waals surface area contributed by atoms with Gasteiger partial charge in [0.2, 0.25) is 0 Å². The average molecular weight is 148 g/mol. The zero-order valence-corrected chi connectivity index (χ0v) is 6.66. The zero-order chi connectivity index (χ0) is 7.94. The van der Waals surface area contributed by atoms with E-state index in [1.54, 1.807) is 6.26 Å². The van der Waals surface area contributed by atoms with Crippen molar-refractivity contribution in [1.29, 1.82) is 0 Å². The Kier molecular flexibility index (Phi) is 3.26. The molecule has 1 aromatic rings. The summed E-state index contributed by atoms with van der Waals surface area (Å²) in [7, 11) is 0. The molecule has 0 aromatic carbocycles. The molecule has 0 aliphatic heterocycles. The highest BCUT2D eigenvalue weighted by Crippen LogP contribution is 2.02. The SMILES string of the molecule is C/C=C/C/C=C/c1ccco1. The third-order valence-corrected chi connectivity index (χ3v) is 1.33. The molecule has 1 heteroatoms. The van der Waals surface area contributed by atoms with Crippen molar-refractivity contribution in [3.8, 4) is 0 Å². The van der Waals surface area contributed by atoms with Gasteiger partial charge in [0.1, 0.15) is 5.76 Å². The van der Waals surface area contributed by atoms with Crippen LogP contribution in [0.25, 0.3) is 6.08 Å². The smallest absolute Gasteiger partial charge is 0.126 e. The molecule has 1 aromatic heterocycles. The summed E-state index contributed by atoms with van der Waals surface area (Å²) < 4.78 is 5.10. The monoisotopic (exact) mass is 148 g/mol. The highest BCUT2D eigenvalue weighted by Gasteiger charge is 1.83. The van der Waals surface area contributed by atoms with Crippen molar-refractivity contribution in [3.63, 3.8) is 0 Å². The maximum absolute atomic E-state index is 5.10. The van der Waals surface area contributed by atoms with Gasteiger partial charge in [0.05, 0.1) is 6.26 Å². The van der Waals surface area contributed by atoms with E-state index in [0.29, 0.717) is 0 Å². The van der Waals surface area contributed by atoms with Gasteiger partial charge in [-0.1, -0.05) is 18.2 Å². The van der Waals surface area contributed by atoms with Crippen molar-refractivity contribution >= 4 is 6.08 Å². The van der Waals surface area contributed by atoms with E-state index < -0.39 is 0 Å². The lowest BCUT2D eigenvalue weighted by molar-refractivity contribution is 0.557. The van der Waals surface area contributed by atoms with Gasteiger partial charge in [0.15, 0.2) is 0 Å². The van der Waals surface area contributed by atoms with Crippen LogP contribution in [0.1, 0.15) is 19.1 Å². The number of hydrogen-bond acceptors (Lipinski definition) is 1. The van der Waals surface area contributed by atoms with Crippen molar-refractivity contribution in [1.82, 2.24) is 0 Å². The lowest BCUT2D eigenvalue weighted by atomic mass is 10.3. The summed E-state index contributed by atoms with van der Waals surface area (Å²) in [4.78, 5) is 0. The summed E-state index contributed by atoms with van der Waals surface area (Å²) >= 11 is 0. The first-order valence-corrected chi connectivity index (χ1v) is 3.74. The van der Waals surface area contributed by atoms with E-state index in [1.165, 1.54) is 0 Å². The number of hydrogen-bond donors (Lipinski definition) is 0. The molecule has 0 radical (unpaired) electrons. The molecule has 0 atom stereocenters. The zero-order valence-electron chi connectivity index (χ0n) is 6.66. The van der Waals surface area contributed by atoms with Crippen LogP contribution in [0.15, 0.2) is 41.0 Å². The van der Waals surface area contributed by atoms with Gasteiger partial charge in [-0.05, 0) is 31.6 Å². The fourth-order valence-corrected chi connectivity index (χ4v) is 0.785. The summed E-state index contributed by atoms with van der Waals surface area (Å²) in [5.74, 6) is 0.912. The Balaban J connectivity index is 2.37. The van der Waals surface area contributed by atoms with Gasteiger partial charge in [-0.3, -0.25) is 0 Å². The van der Waals surface area contributed by atoms with Gasteiger partial charge in [0.25, 0.3) is 0 Å². The first kappa shape index (κ1) is 7.86. The largest absolute Gasteiger partial charge is 0.465 e. The molecule has 0 amide bonds. The Morgan fingerprint density at radius 3 is 3.00 bits per heavy atom. The molecule has 0 saturated heterocycles. The third-order valence-electron chi connectivity index (χ3n) is 1.33. The van der Waals surface area contributed by atoms with Crippen molar-refractivity contribution in [2.45, 2.75) is 13.3 Å². The van der Waals surface area contributed by atoms with Crippen molar-refractivity contribution < 1.29 is 4.42 Å². The van der Waals surface area contributed by atoms with Crippen LogP contribution < -0.4 is 0 Å². The third kappa shape index (κ3) is 2.89. The lowest BCUT2D eigenvalue weighted by Crippen LogP contribution is -1.60. The minimum Gasteiger partial charge on any atom is -0.465 e. The molecular formula is C10H12O. The molecule has 0 bridgehead atoms. The molecule has 0 N–H and O–H groups in total.